The van der Waals surface area contributed by atoms with Gasteiger partial charge in [-0.25, -0.2) is 0 Å². The van der Waals surface area contributed by atoms with Crippen LogP contribution >= 0.6 is 24.0 Å². The molecule has 0 atom stereocenters. The number of benzene rings is 1. The van der Waals surface area contributed by atoms with Crippen molar-refractivity contribution in [2.24, 2.45) is 4.99 Å². The highest BCUT2D eigenvalue weighted by Gasteiger charge is 2.00. The first-order valence-corrected chi connectivity index (χ1v) is 7.42. The zero-order valence-electron chi connectivity index (χ0n) is 13.9. The minimum atomic E-state index is 0. The number of rotatable bonds is 7. The number of nitrogens with zero attached hydrogens (tertiary/aromatic N) is 2. The summed E-state index contributed by atoms with van der Waals surface area (Å²) in [5.74, 6) is 2.33. The molecule has 0 aliphatic carbocycles. The third kappa shape index (κ3) is 7.03. The van der Waals surface area contributed by atoms with Gasteiger partial charge >= 0.3 is 0 Å². The van der Waals surface area contributed by atoms with Crippen LogP contribution in [0.2, 0.25) is 0 Å². The van der Waals surface area contributed by atoms with Gasteiger partial charge in [-0.05, 0) is 29.8 Å². The Labute approximate surface area is 159 Å². The maximum atomic E-state index is 5.57. The number of pyridine rings is 1. The van der Waals surface area contributed by atoms with Crippen molar-refractivity contribution in [1.82, 2.24) is 15.6 Å². The van der Waals surface area contributed by atoms with Crippen molar-refractivity contribution in [2.75, 3.05) is 27.3 Å². The Hall–Kier alpha value is -2.03. The smallest absolute Gasteiger partial charge is 0.191 e. The lowest BCUT2D eigenvalue weighted by atomic mass is 10.2. The van der Waals surface area contributed by atoms with Crippen LogP contribution in [0.3, 0.4) is 0 Å². The van der Waals surface area contributed by atoms with E-state index in [1.54, 1.807) is 26.6 Å². The van der Waals surface area contributed by atoms with Crippen LogP contribution in [0.25, 0.3) is 0 Å². The Balaban J connectivity index is 0.00000288. The van der Waals surface area contributed by atoms with Crippen molar-refractivity contribution < 1.29 is 9.47 Å². The molecule has 24 heavy (non-hydrogen) atoms. The molecule has 1 aromatic carbocycles. The number of aromatic nitrogens is 1. The number of methoxy groups -OCH3 is 1. The predicted molar refractivity (Wildman–Crippen MR) is 106 cm³/mol. The Kier molecular flexibility index (Phi) is 9.59. The number of hydrogen-bond donors (Lipinski definition) is 2. The van der Waals surface area contributed by atoms with Crippen molar-refractivity contribution in [3.05, 3.63) is 54.4 Å². The number of hydrogen-bond acceptors (Lipinski definition) is 4. The van der Waals surface area contributed by atoms with E-state index in [1.807, 2.05) is 36.4 Å². The fourth-order valence-corrected chi connectivity index (χ4v) is 1.96. The lowest BCUT2D eigenvalue weighted by molar-refractivity contribution is 0.320. The number of ether oxygens (including phenoxy) is 2. The molecular formula is C17H23IN4O2. The summed E-state index contributed by atoms with van der Waals surface area (Å²) >= 11 is 0. The molecule has 7 heteroatoms. The average Bonchev–Trinajstić information content (AvgIpc) is 2.62. The fourth-order valence-electron chi connectivity index (χ4n) is 1.96. The average molecular weight is 442 g/mol. The fraction of sp³-hybridized carbons (Fsp3) is 0.294. The van der Waals surface area contributed by atoms with Crippen molar-refractivity contribution in [3.63, 3.8) is 0 Å². The van der Waals surface area contributed by atoms with Crippen LogP contribution in [0.4, 0.5) is 0 Å². The van der Waals surface area contributed by atoms with E-state index < -0.39 is 0 Å². The van der Waals surface area contributed by atoms with E-state index in [-0.39, 0.29) is 24.0 Å². The van der Waals surface area contributed by atoms with E-state index in [0.717, 1.165) is 23.0 Å². The van der Waals surface area contributed by atoms with Crippen LogP contribution in [0.1, 0.15) is 5.56 Å². The van der Waals surface area contributed by atoms with Gasteiger partial charge in [-0.3, -0.25) is 9.98 Å². The van der Waals surface area contributed by atoms with Crippen LogP contribution in [-0.2, 0) is 6.54 Å². The minimum absolute atomic E-state index is 0. The van der Waals surface area contributed by atoms with E-state index in [0.29, 0.717) is 19.7 Å². The minimum Gasteiger partial charge on any atom is -0.497 e. The zero-order chi connectivity index (χ0) is 16.3. The van der Waals surface area contributed by atoms with E-state index in [4.69, 9.17) is 9.47 Å². The van der Waals surface area contributed by atoms with Gasteiger partial charge in [0, 0.05) is 19.8 Å². The van der Waals surface area contributed by atoms with Crippen molar-refractivity contribution >= 4 is 29.9 Å². The molecule has 0 bridgehead atoms. The lowest BCUT2D eigenvalue weighted by Crippen LogP contribution is -2.38. The van der Waals surface area contributed by atoms with E-state index in [2.05, 4.69) is 20.6 Å². The van der Waals surface area contributed by atoms with Crippen molar-refractivity contribution in [1.29, 1.82) is 0 Å². The Morgan fingerprint density at radius 1 is 1.17 bits per heavy atom. The summed E-state index contributed by atoms with van der Waals surface area (Å²) in [7, 11) is 3.40. The van der Waals surface area contributed by atoms with Gasteiger partial charge in [-0.1, -0.05) is 12.1 Å². The molecule has 6 nitrogen and oxygen atoms in total. The molecule has 0 saturated carbocycles. The van der Waals surface area contributed by atoms with Crippen molar-refractivity contribution in [2.45, 2.75) is 6.54 Å². The predicted octanol–water partition coefficient (Wildman–Crippen LogP) is 2.45. The van der Waals surface area contributed by atoms with Gasteiger partial charge in [0.05, 0.1) is 19.9 Å². The van der Waals surface area contributed by atoms with Gasteiger partial charge in [-0.2, -0.15) is 0 Å². The Morgan fingerprint density at radius 2 is 2.00 bits per heavy atom. The first-order valence-electron chi connectivity index (χ1n) is 7.42. The van der Waals surface area contributed by atoms with Crippen molar-refractivity contribution in [3.8, 4) is 11.5 Å². The van der Waals surface area contributed by atoms with Gasteiger partial charge < -0.3 is 20.1 Å². The second-order valence-electron chi connectivity index (χ2n) is 4.74. The van der Waals surface area contributed by atoms with Crippen LogP contribution in [0, 0.1) is 0 Å². The summed E-state index contributed by atoms with van der Waals surface area (Å²) in [6, 6.07) is 11.6. The number of halogens is 1. The third-order valence-electron chi connectivity index (χ3n) is 3.12. The molecule has 0 fully saturated rings. The second kappa shape index (κ2) is 11.5. The molecule has 0 saturated heterocycles. The van der Waals surface area contributed by atoms with E-state index in [9.17, 15) is 0 Å². The highest BCUT2D eigenvalue weighted by molar-refractivity contribution is 14.0. The summed E-state index contributed by atoms with van der Waals surface area (Å²) in [6.07, 6.45) is 3.41. The molecule has 0 aliphatic rings. The molecule has 1 heterocycles. The van der Waals surface area contributed by atoms with E-state index in [1.165, 1.54) is 0 Å². The van der Waals surface area contributed by atoms with Gasteiger partial charge in [0.2, 0.25) is 0 Å². The van der Waals surface area contributed by atoms with Gasteiger partial charge in [0.1, 0.15) is 18.1 Å². The summed E-state index contributed by atoms with van der Waals surface area (Å²) in [6.45, 7) is 1.85. The maximum Gasteiger partial charge on any atom is 0.191 e. The monoisotopic (exact) mass is 442 g/mol. The molecule has 0 aliphatic heterocycles. The zero-order valence-corrected chi connectivity index (χ0v) is 16.2. The maximum absolute atomic E-state index is 5.57. The van der Waals surface area contributed by atoms with Gasteiger partial charge in [-0.15, -0.1) is 24.0 Å². The molecule has 0 radical (unpaired) electrons. The molecule has 130 valence electrons. The SMILES string of the molecule is CN=C(NCCOc1cccnc1)NCc1cccc(OC)c1.I. The summed E-state index contributed by atoms with van der Waals surface area (Å²) in [5.41, 5.74) is 1.12. The number of nitrogens with one attached hydrogen (secondary N) is 2. The Bertz CT molecular complexity index is 623. The van der Waals surface area contributed by atoms with Crippen LogP contribution in [0.15, 0.2) is 53.8 Å². The van der Waals surface area contributed by atoms with Crippen LogP contribution < -0.4 is 20.1 Å². The first-order chi connectivity index (χ1) is 11.3. The molecule has 2 aromatic rings. The first kappa shape index (κ1) is 20.0. The summed E-state index contributed by atoms with van der Waals surface area (Å²) in [5, 5.41) is 6.45. The molecule has 2 N–H and O–H groups in total. The largest absolute Gasteiger partial charge is 0.497 e. The number of aliphatic imine (C=N–C) groups is 1. The Morgan fingerprint density at radius 3 is 2.71 bits per heavy atom. The second-order valence-corrected chi connectivity index (χ2v) is 4.74. The molecule has 0 amide bonds. The molecule has 0 spiro atoms. The highest BCUT2D eigenvalue weighted by Crippen LogP contribution is 2.12. The molecular weight excluding hydrogens is 419 g/mol. The molecule has 2 rings (SSSR count). The third-order valence-corrected chi connectivity index (χ3v) is 3.12. The number of guanidine groups is 1. The molecule has 0 unspecified atom stereocenters. The standard InChI is InChI=1S/C17H22N4O2.HI/c1-18-17(20-9-10-23-16-7-4-8-19-13-16)21-12-14-5-3-6-15(11-14)22-2;/h3-8,11,13H,9-10,12H2,1-2H3,(H2,18,20,21);1H. The van der Waals surface area contributed by atoms with Gasteiger partial charge in [0.15, 0.2) is 5.96 Å². The quantitative estimate of drug-likeness (QED) is 0.299. The summed E-state index contributed by atoms with van der Waals surface area (Å²) < 4.78 is 10.8. The molecule has 1 aromatic heterocycles. The van der Waals surface area contributed by atoms with Crippen LogP contribution in [-0.4, -0.2) is 38.3 Å². The lowest BCUT2D eigenvalue weighted by Gasteiger charge is -2.13. The topological polar surface area (TPSA) is 67.8 Å². The van der Waals surface area contributed by atoms with E-state index >= 15 is 0 Å². The highest BCUT2D eigenvalue weighted by atomic mass is 127. The van der Waals surface area contributed by atoms with Gasteiger partial charge in [0.25, 0.3) is 0 Å². The van der Waals surface area contributed by atoms with Crippen LogP contribution in [0.5, 0.6) is 11.5 Å². The normalized spacial score (nSPS) is 10.5. The summed E-state index contributed by atoms with van der Waals surface area (Å²) in [4.78, 5) is 8.19.